The molecule has 4 rings (SSSR count). The third kappa shape index (κ3) is 2.64. The van der Waals surface area contributed by atoms with Crippen molar-refractivity contribution in [3.8, 4) is 0 Å². The lowest BCUT2D eigenvalue weighted by atomic mass is 10.0. The molecule has 0 spiro atoms. The molecule has 2 aromatic heterocycles. The van der Waals surface area contributed by atoms with Gasteiger partial charge in [0.05, 0.1) is 5.39 Å². The Hall–Kier alpha value is -2.19. The SMILES string of the molecule is CN(c1ncnc2[nH]ccc12)[C@@H]1CCN(S(=O)(=O)C2(C)C=CC=CC2)C1. The third-order valence-electron chi connectivity index (χ3n) is 5.49. The number of nitrogens with one attached hydrogen (secondary N) is 1. The van der Waals surface area contributed by atoms with Crippen LogP contribution >= 0.6 is 0 Å². The maximum Gasteiger partial charge on any atom is 0.223 e. The Kier molecular flexibility index (Phi) is 4.11. The smallest absolute Gasteiger partial charge is 0.223 e. The normalized spacial score (nSPS) is 26.6. The van der Waals surface area contributed by atoms with Gasteiger partial charge in [-0.15, -0.1) is 0 Å². The summed E-state index contributed by atoms with van der Waals surface area (Å²) in [5.74, 6) is 0.826. The first-order valence-electron chi connectivity index (χ1n) is 8.77. The molecule has 138 valence electrons. The van der Waals surface area contributed by atoms with Gasteiger partial charge in [0.2, 0.25) is 10.0 Å². The molecular weight excluding hydrogens is 350 g/mol. The molecule has 0 radical (unpaired) electrons. The number of H-pyrrole nitrogens is 1. The van der Waals surface area contributed by atoms with E-state index in [4.69, 9.17) is 0 Å². The van der Waals surface area contributed by atoms with Gasteiger partial charge < -0.3 is 9.88 Å². The topological polar surface area (TPSA) is 82.2 Å². The lowest BCUT2D eigenvalue weighted by molar-refractivity contribution is 0.447. The van der Waals surface area contributed by atoms with Gasteiger partial charge >= 0.3 is 0 Å². The van der Waals surface area contributed by atoms with Crippen molar-refractivity contribution in [1.29, 1.82) is 0 Å². The Morgan fingerprint density at radius 1 is 1.35 bits per heavy atom. The number of likely N-dealkylation sites (N-methyl/N-ethyl adjacent to an activating group) is 1. The van der Waals surface area contributed by atoms with Crippen LogP contribution in [0.3, 0.4) is 0 Å². The minimum Gasteiger partial charge on any atom is -0.355 e. The fourth-order valence-electron chi connectivity index (χ4n) is 3.75. The minimum atomic E-state index is -3.41. The zero-order valence-corrected chi connectivity index (χ0v) is 15.8. The van der Waals surface area contributed by atoms with Crippen LogP contribution in [0, 0.1) is 0 Å². The highest BCUT2D eigenvalue weighted by Gasteiger charge is 2.44. The number of aromatic nitrogens is 3. The summed E-state index contributed by atoms with van der Waals surface area (Å²) in [5, 5.41) is 0.948. The highest BCUT2D eigenvalue weighted by molar-refractivity contribution is 7.90. The molecule has 1 saturated heterocycles. The molecule has 3 heterocycles. The highest BCUT2D eigenvalue weighted by Crippen LogP contribution is 2.33. The van der Waals surface area contributed by atoms with Crippen LogP contribution in [0.1, 0.15) is 19.8 Å². The first-order chi connectivity index (χ1) is 12.4. The van der Waals surface area contributed by atoms with Crippen LogP contribution in [0.25, 0.3) is 11.0 Å². The predicted octanol–water partition coefficient (Wildman–Crippen LogP) is 2.07. The summed E-state index contributed by atoms with van der Waals surface area (Å²) in [5.41, 5.74) is 0.788. The number of rotatable bonds is 4. The maximum absolute atomic E-state index is 13.2. The van der Waals surface area contributed by atoms with Gasteiger partial charge in [-0.3, -0.25) is 0 Å². The van der Waals surface area contributed by atoms with Gasteiger partial charge in [-0.2, -0.15) is 4.31 Å². The van der Waals surface area contributed by atoms with E-state index in [1.54, 1.807) is 17.3 Å². The lowest BCUT2D eigenvalue weighted by Gasteiger charge is -2.32. The van der Waals surface area contributed by atoms with E-state index in [1.165, 1.54) is 6.33 Å². The quantitative estimate of drug-likeness (QED) is 0.887. The van der Waals surface area contributed by atoms with Crippen molar-refractivity contribution in [2.24, 2.45) is 0 Å². The van der Waals surface area contributed by atoms with Crippen LogP contribution in [0.5, 0.6) is 0 Å². The fraction of sp³-hybridized carbons (Fsp3) is 0.444. The van der Waals surface area contributed by atoms with Gasteiger partial charge in [0.25, 0.3) is 0 Å². The molecule has 1 unspecified atom stereocenters. The largest absolute Gasteiger partial charge is 0.355 e. The second-order valence-corrected chi connectivity index (χ2v) is 9.56. The molecule has 0 saturated carbocycles. The molecule has 1 N–H and O–H groups in total. The summed E-state index contributed by atoms with van der Waals surface area (Å²) < 4.78 is 27.1. The maximum atomic E-state index is 13.2. The molecule has 2 aromatic rings. The lowest BCUT2D eigenvalue weighted by Crippen LogP contribution is -2.46. The van der Waals surface area contributed by atoms with E-state index in [1.807, 2.05) is 37.5 Å². The molecule has 1 aliphatic carbocycles. The number of aromatic amines is 1. The summed E-state index contributed by atoms with van der Waals surface area (Å²) in [6.07, 6.45) is 12.1. The molecular formula is C18H23N5O2S. The average Bonchev–Trinajstić information content (AvgIpc) is 3.31. The van der Waals surface area contributed by atoms with Crippen molar-refractivity contribution in [1.82, 2.24) is 19.3 Å². The van der Waals surface area contributed by atoms with Crippen molar-refractivity contribution < 1.29 is 8.42 Å². The molecule has 7 nitrogen and oxygen atoms in total. The van der Waals surface area contributed by atoms with Crippen molar-refractivity contribution in [3.05, 3.63) is 42.9 Å². The van der Waals surface area contributed by atoms with Crippen LogP contribution in [0.4, 0.5) is 5.82 Å². The van der Waals surface area contributed by atoms with E-state index < -0.39 is 14.8 Å². The standard InChI is InChI=1S/C18H23N5O2S/c1-18(8-4-3-5-9-18)26(24,25)23-11-7-14(12-23)22(2)17-15-6-10-19-16(15)20-13-21-17/h3-6,8,10,13-14H,7,9,11-12H2,1-2H3,(H,19,20,21)/t14-,18?/m1/s1. The van der Waals surface area contributed by atoms with Crippen LogP contribution < -0.4 is 4.90 Å². The second-order valence-electron chi connectivity index (χ2n) is 7.16. The Balaban J connectivity index is 1.56. The van der Waals surface area contributed by atoms with E-state index >= 15 is 0 Å². The van der Waals surface area contributed by atoms with Gasteiger partial charge in [-0.25, -0.2) is 18.4 Å². The first-order valence-corrected chi connectivity index (χ1v) is 10.2. The van der Waals surface area contributed by atoms with Gasteiger partial charge in [0.15, 0.2) is 0 Å². The van der Waals surface area contributed by atoms with Gasteiger partial charge in [-0.05, 0) is 25.8 Å². The van der Waals surface area contributed by atoms with E-state index in [2.05, 4.69) is 19.9 Å². The highest BCUT2D eigenvalue weighted by atomic mass is 32.2. The zero-order valence-electron chi connectivity index (χ0n) is 15.0. The molecule has 0 amide bonds. The van der Waals surface area contributed by atoms with Crippen LogP contribution in [0.2, 0.25) is 0 Å². The van der Waals surface area contributed by atoms with E-state index in [-0.39, 0.29) is 6.04 Å². The molecule has 2 aliphatic rings. The van der Waals surface area contributed by atoms with Crippen molar-refractivity contribution in [2.75, 3.05) is 25.0 Å². The van der Waals surface area contributed by atoms with E-state index in [0.717, 1.165) is 23.3 Å². The zero-order chi connectivity index (χ0) is 18.4. The molecule has 0 aromatic carbocycles. The van der Waals surface area contributed by atoms with Gasteiger partial charge in [0.1, 0.15) is 22.5 Å². The Labute approximate surface area is 153 Å². The summed E-state index contributed by atoms with van der Waals surface area (Å²) >= 11 is 0. The summed E-state index contributed by atoms with van der Waals surface area (Å²) in [6.45, 7) is 2.81. The van der Waals surface area contributed by atoms with Crippen LogP contribution in [0.15, 0.2) is 42.9 Å². The average molecular weight is 373 g/mol. The second kappa shape index (κ2) is 6.21. The van der Waals surface area contributed by atoms with E-state index in [9.17, 15) is 8.42 Å². The van der Waals surface area contributed by atoms with Gasteiger partial charge in [-0.1, -0.05) is 24.3 Å². The number of hydrogen-bond donors (Lipinski definition) is 1. The number of allylic oxidation sites excluding steroid dienone is 3. The van der Waals surface area contributed by atoms with Crippen LogP contribution in [-0.4, -0.2) is 58.6 Å². The summed E-state index contributed by atoms with van der Waals surface area (Å²) in [4.78, 5) is 13.8. The molecule has 0 bridgehead atoms. The Morgan fingerprint density at radius 3 is 2.96 bits per heavy atom. The Bertz CT molecular complexity index is 980. The molecule has 26 heavy (non-hydrogen) atoms. The minimum absolute atomic E-state index is 0.0875. The number of nitrogens with zero attached hydrogens (tertiary/aromatic N) is 4. The molecule has 1 fully saturated rings. The summed E-state index contributed by atoms with van der Waals surface area (Å²) in [7, 11) is -1.44. The summed E-state index contributed by atoms with van der Waals surface area (Å²) in [6, 6.07) is 2.04. The molecule has 8 heteroatoms. The van der Waals surface area contributed by atoms with Crippen molar-refractivity contribution in [2.45, 2.75) is 30.6 Å². The Morgan fingerprint density at radius 2 is 2.19 bits per heavy atom. The van der Waals surface area contributed by atoms with Gasteiger partial charge in [0, 0.05) is 32.4 Å². The monoisotopic (exact) mass is 373 g/mol. The number of sulfonamides is 1. The van der Waals surface area contributed by atoms with Crippen LogP contribution in [-0.2, 0) is 10.0 Å². The first kappa shape index (κ1) is 17.2. The third-order valence-corrected chi connectivity index (χ3v) is 7.98. The van der Waals surface area contributed by atoms with Crippen molar-refractivity contribution >= 4 is 26.9 Å². The number of fused-ring (bicyclic) bond motifs is 1. The number of hydrogen-bond acceptors (Lipinski definition) is 5. The molecule has 1 aliphatic heterocycles. The predicted molar refractivity (Wildman–Crippen MR) is 102 cm³/mol. The van der Waals surface area contributed by atoms with Crippen molar-refractivity contribution in [3.63, 3.8) is 0 Å². The fourth-order valence-corrected chi connectivity index (χ4v) is 5.61. The molecule has 2 atom stereocenters. The number of anilines is 1. The van der Waals surface area contributed by atoms with E-state index in [0.29, 0.717) is 19.5 Å².